The number of esters is 1. The van der Waals surface area contributed by atoms with Gasteiger partial charge in [0.25, 0.3) is 0 Å². The van der Waals surface area contributed by atoms with Crippen molar-refractivity contribution < 1.29 is 14.3 Å². The first kappa shape index (κ1) is 15.5. The van der Waals surface area contributed by atoms with Crippen LogP contribution < -0.4 is 10.2 Å². The normalized spacial score (nSPS) is 10.9. The molecular weight excluding hydrogens is 312 g/mol. The highest BCUT2D eigenvalue weighted by Gasteiger charge is 2.09. The van der Waals surface area contributed by atoms with Crippen molar-refractivity contribution in [1.82, 2.24) is 0 Å². The number of fused-ring (bicyclic) bond motifs is 2. The molecule has 23 heavy (non-hydrogen) atoms. The first-order chi connectivity index (χ1) is 11.1. The molecule has 0 saturated heterocycles. The van der Waals surface area contributed by atoms with E-state index in [1.807, 2.05) is 24.3 Å². The second kappa shape index (κ2) is 6.38. The Labute approximate surface area is 137 Å². The molecule has 4 nitrogen and oxygen atoms in total. The summed E-state index contributed by atoms with van der Waals surface area (Å²) in [6, 6.07) is 11.2. The fourth-order valence-electron chi connectivity index (χ4n) is 2.51. The van der Waals surface area contributed by atoms with Gasteiger partial charge in [0.1, 0.15) is 5.75 Å². The Balaban J connectivity index is 2.08. The summed E-state index contributed by atoms with van der Waals surface area (Å²) in [6.45, 7) is 0. The van der Waals surface area contributed by atoms with Gasteiger partial charge in [0, 0.05) is 26.6 Å². The molecule has 118 valence electrons. The highest BCUT2D eigenvalue weighted by atomic mass is 32.1. The smallest absolute Gasteiger partial charge is 0.305 e. The molecular formula is C18H16O4S. The molecule has 1 aromatic heterocycles. The molecule has 0 amide bonds. The monoisotopic (exact) mass is 328 g/mol. The van der Waals surface area contributed by atoms with Gasteiger partial charge < -0.3 is 9.47 Å². The van der Waals surface area contributed by atoms with Gasteiger partial charge in [-0.3, -0.25) is 9.59 Å². The van der Waals surface area contributed by atoms with Gasteiger partial charge in [0.15, 0.2) is 5.43 Å². The van der Waals surface area contributed by atoms with Gasteiger partial charge >= 0.3 is 5.97 Å². The van der Waals surface area contributed by atoms with Crippen molar-refractivity contribution in [3.05, 3.63) is 52.2 Å². The van der Waals surface area contributed by atoms with Crippen molar-refractivity contribution in [2.24, 2.45) is 0 Å². The lowest BCUT2D eigenvalue weighted by molar-refractivity contribution is -0.140. The van der Waals surface area contributed by atoms with E-state index >= 15 is 0 Å². The fourth-order valence-corrected chi connectivity index (χ4v) is 3.67. The van der Waals surface area contributed by atoms with Gasteiger partial charge in [-0.05, 0) is 42.3 Å². The molecule has 0 atom stereocenters. The van der Waals surface area contributed by atoms with Crippen LogP contribution in [0.5, 0.6) is 5.75 Å². The van der Waals surface area contributed by atoms with Crippen LogP contribution in [0.1, 0.15) is 12.0 Å². The predicted molar refractivity (Wildman–Crippen MR) is 92.5 cm³/mol. The zero-order valence-corrected chi connectivity index (χ0v) is 13.7. The molecule has 0 fully saturated rings. The second-order valence-electron chi connectivity index (χ2n) is 5.20. The molecule has 0 saturated carbocycles. The van der Waals surface area contributed by atoms with Crippen LogP contribution in [-0.4, -0.2) is 20.2 Å². The molecule has 3 aromatic rings. The molecule has 0 spiro atoms. The average molecular weight is 328 g/mol. The molecule has 0 aliphatic carbocycles. The number of benzene rings is 2. The molecule has 1 heterocycles. The van der Waals surface area contributed by atoms with E-state index in [1.54, 1.807) is 30.6 Å². The Hall–Kier alpha value is -2.40. The van der Waals surface area contributed by atoms with Crippen LogP contribution in [0.3, 0.4) is 0 Å². The molecule has 0 N–H and O–H groups in total. The standard InChI is InChI=1S/C18H16O4S/c1-21-12-5-7-14-16(10-12)23-15-9-11(4-8-17(19)22-2)3-6-13(15)18(14)20/h3,5-7,9-10H,4,8H2,1-2H3. The van der Waals surface area contributed by atoms with Gasteiger partial charge in [0.05, 0.1) is 14.2 Å². The van der Waals surface area contributed by atoms with E-state index in [1.165, 1.54) is 7.11 Å². The number of carbonyl (C=O) groups is 1. The van der Waals surface area contributed by atoms with Gasteiger partial charge in [-0.1, -0.05) is 6.07 Å². The van der Waals surface area contributed by atoms with E-state index in [-0.39, 0.29) is 11.4 Å². The van der Waals surface area contributed by atoms with E-state index in [0.29, 0.717) is 23.6 Å². The lowest BCUT2D eigenvalue weighted by Crippen LogP contribution is -2.03. The van der Waals surface area contributed by atoms with E-state index in [9.17, 15) is 9.59 Å². The molecule has 0 aliphatic rings. The second-order valence-corrected chi connectivity index (χ2v) is 6.28. The maximum absolute atomic E-state index is 12.6. The minimum absolute atomic E-state index is 0.0240. The van der Waals surface area contributed by atoms with Crippen LogP contribution in [0.25, 0.3) is 20.2 Å². The van der Waals surface area contributed by atoms with Crippen LogP contribution in [0.4, 0.5) is 0 Å². The summed E-state index contributed by atoms with van der Waals surface area (Å²) in [5, 5.41) is 1.40. The SMILES string of the molecule is COC(=O)CCc1ccc2c(=O)c3ccc(OC)cc3sc2c1. The molecule has 0 unspecified atom stereocenters. The lowest BCUT2D eigenvalue weighted by atomic mass is 10.1. The average Bonchev–Trinajstić information content (AvgIpc) is 2.59. The Bertz CT molecular complexity index is 943. The molecule has 0 aliphatic heterocycles. The number of carbonyl (C=O) groups excluding carboxylic acids is 1. The van der Waals surface area contributed by atoms with Crippen LogP contribution in [0.15, 0.2) is 41.2 Å². The van der Waals surface area contributed by atoms with Crippen LogP contribution >= 0.6 is 11.3 Å². The Morgan fingerprint density at radius 1 is 1.04 bits per heavy atom. The third-order valence-corrected chi connectivity index (χ3v) is 4.90. The summed E-state index contributed by atoms with van der Waals surface area (Å²) in [5.74, 6) is 0.496. The van der Waals surface area contributed by atoms with Crippen molar-refractivity contribution in [2.75, 3.05) is 14.2 Å². The van der Waals surface area contributed by atoms with Crippen molar-refractivity contribution in [1.29, 1.82) is 0 Å². The highest BCUT2D eigenvalue weighted by Crippen LogP contribution is 2.28. The molecule has 3 rings (SSSR count). The van der Waals surface area contributed by atoms with Crippen LogP contribution in [0, 0.1) is 0 Å². The topological polar surface area (TPSA) is 52.6 Å². The first-order valence-corrected chi connectivity index (χ1v) is 8.04. The number of hydrogen-bond acceptors (Lipinski definition) is 5. The zero-order valence-electron chi connectivity index (χ0n) is 12.9. The third kappa shape index (κ3) is 3.05. The van der Waals surface area contributed by atoms with E-state index in [0.717, 1.165) is 20.7 Å². The van der Waals surface area contributed by atoms with Crippen molar-refractivity contribution in [3.63, 3.8) is 0 Å². The van der Waals surface area contributed by atoms with E-state index in [2.05, 4.69) is 4.74 Å². The van der Waals surface area contributed by atoms with E-state index in [4.69, 9.17) is 4.74 Å². The Morgan fingerprint density at radius 3 is 2.43 bits per heavy atom. The quantitative estimate of drug-likeness (QED) is 0.543. The Kier molecular flexibility index (Phi) is 4.30. The van der Waals surface area contributed by atoms with Crippen molar-refractivity contribution in [3.8, 4) is 5.75 Å². The van der Waals surface area contributed by atoms with Gasteiger partial charge in [-0.2, -0.15) is 0 Å². The molecule has 0 bridgehead atoms. The summed E-state index contributed by atoms with van der Waals surface area (Å²) >= 11 is 1.55. The van der Waals surface area contributed by atoms with E-state index < -0.39 is 0 Å². The summed E-state index contributed by atoms with van der Waals surface area (Å²) in [5.41, 5.74) is 1.04. The highest BCUT2D eigenvalue weighted by molar-refractivity contribution is 7.24. The summed E-state index contributed by atoms with van der Waals surface area (Å²) in [7, 11) is 2.99. The lowest BCUT2D eigenvalue weighted by Gasteiger charge is -2.06. The molecule has 2 aromatic carbocycles. The predicted octanol–water partition coefficient (Wildman–Crippen LogP) is 3.53. The minimum Gasteiger partial charge on any atom is -0.497 e. The maximum Gasteiger partial charge on any atom is 0.305 e. The number of rotatable bonds is 4. The largest absolute Gasteiger partial charge is 0.497 e. The van der Waals surface area contributed by atoms with Crippen LogP contribution in [-0.2, 0) is 16.0 Å². The number of aryl methyl sites for hydroxylation is 1. The maximum atomic E-state index is 12.6. The van der Waals surface area contributed by atoms with Crippen LogP contribution in [0.2, 0.25) is 0 Å². The van der Waals surface area contributed by atoms with Gasteiger partial charge in [-0.15, -0.1) is 11.3 Å². The van der Waals surface area contributed by atoms with Crippen molar-refractivity contribution >= 4 is 37.5 Å². The zero-order chi connectivity index (χ0) is 16.4. The number of ether oxygens (including phenoxy) is 2. The number of hydrogen-bond donors (Lipinski definition) is 0. The summed E-state index contributed by atoms with van der Waals surface area (Å²) in [6.07, 6.45) is 0.929. The fraction of sp³-hybridized carbons (Fsp3) is 0.222. The number of methoxy groups -OCH3 is 2. The van der Waals surface area contributed by atoms with Gasteiger partial charge in [0.2, 0.25) is 0 Å². The molecule has 5 heteroatoms. The first-order valence-electron chi connectivity index (χ1n) is 7.22. The summed E-state index contributed by atoms with van der Waals surface area (Å²) in [4.78, 5) is 23.9. The molecule has 0 radical (unpaired) electrons. The third-order valence-electron chi connectivity index (χ3n) is 3.79. The van der Waals surface area contributed by atoms with Crippen molar-refractivity contribution in [2.45, 2.75) is 12.8 Å². The Morgan fingerprint density at radius 2 is 1.74 bits per heavy atom. The van der Waals surface area contributed by atoms with Gasteiger partial charge in [-0.25, -0.2) is 0 Å². The summed E-state index contributed by atoms with van der Waals surface area (Å²) < 4.78 is 11.7. The minimum atomic E-state index is -0.235.